The number of primary sulfonamides is 1. The van der Waals surface area contributed by atoms with Crippen LogP contribution >= 0.6 is 0 Å². The highest BCUT2D eigenvalue weighted by molar-refractivity contribution is 7.89. The van der Waals surface area contributed by atoms with Crippen molar-refractivity contribution in [1.82, 2.24) is 4.90 Å². The predicted molar refractivity (Wildman–Crippen MR) is 73.7 cm³/mol. The van der Waals surface area contributed by atoms with E-state index in [1.54, 1.807) is 12.0 Å². The fourth-order valence-corrected chi connectivity index (χ4v) is 2.87. The number of amides is 1. The first-order chi connectivity index (χ1) is 9.41. The average Bonchev–Trinajstić information content (AvgIpc) is 2.86. The zero-order chi connectivity index (χ0) is 14.8. The molecule has 1 amide bonds. The summed E-state index contributed by atoms with van der Waals surface area (Å²) in [5, 5.41) is 5.02. The van der Waals surface area contributed by atoms with E-state index in [9.17, 15) is 13.2 Å². The number of methoxy groups -OCH3 is 1. The van der Waals surface area contributed by atoms with Gasteiger partial charge in [-0.15, -0.1) is 0 Å². The van der Waals surface area contributed by atoms with Gasteiger partial charge in [0.2, 0.25) is 10.0 Å². The molecule has 1 unspecified atom stereocenters. The van der Waals surface area contributed by atoms with Crippen LogP contribution in [0.4, 0.5) is 0 Å². The minimum atomic E-state index is -3.72. The predicted octanol–water partition coefficient (Wildman–Crippen LogP) is 0.443. The number of ether oxygens (including phenoxy) is 1. The van der Waals surface area contributed by atoms with E-state index in [0.29, 0.717) is 31.2 Å². The Labute approximate surface area is 118 Å². The second-order valence-electron chi connectivity index (χ2n) is 4.93. The number of hydrogen-bond acceptors (Lipinski definition) is 4. The van der Waals surface area contributed by atoms with Gasteiger partial charge in [-0.25, -0.2) is 13.6 Å². The fourth-order valence-electron chi connectivity index (χ4n) is 2.36. The number of rotatable bonds is 4. The van der Waals surface area contributed by atoms with Crippen molar-refractivity contribution in [2.24, 2.45) is 11.1 Å². The van der Waals surface area contributed by atoms with E-state index in [4.69, 9.17) is 9.88 Å². The summed E-state index contributed by atoms with van der Waals surface area (Å²) >= 11 is 0. The van der Waals surface area contributed by atoms with Gasteiger partial charge in [-0.05, 0) is 30.7 Å². The van der Waals surface area contributed by atoms with Gasteiger partial charge in [0.25, 0.3) is 5.91 Å². The lowest BCUT2D eigenvalue weighted by Crippen LogP contribution is -2.29. The van der Waals surface area contributed by atoms with Crippen molar-refractivity contribution in [1.29, 1.82) is 0 Å². The molecule has 20 heavy (non-hydrogen) atoms. The van der Waals surface area contributed by atoms with Gasteiger partial charge in [0.1, 0.15) is 0 Å². The fraction of sp³-hybridized carbons (Fsp3) is 0.462. The molecule has 0 bridgehead atoms. The second kappa shape index (κ2) is 5.90. The zero-order valence-corrected chi connectivity index (χ0v) is 12.1. The van der Waals surface area contributed by atoms with E-state index in [-0.39, 0.29) is 10.8 Å². The van der Waals surface area contributed by atoms with Crippen molar-refractivity contribution in [3.8, 4) is 0 Å². The topological polar surface area (TPSA) is 89.7 Å². The first-order valence-corrected chi connectivity index (χ1v) is 7.87. The Kier molecular flexibility index (Phi) is 4.42. The molecular weight excluding hydrogens is 280 g/mol. The maximum absolute atomic E-state index is 12.3. The van der Waals surface area contributed by atoms with Crippen LogP contribution in [0.2, 0.25) is 0 Å². The Morgan fingerprint density at radius 2 is 2.05 bits per heavy atom. The molecule has 7 heteroatoms. The lowest BCUT2D eigenvalue weighted by atomic mass is 10.1. The number of likely N-dealkylation sites (tertiary alicyclic amines) is 1. The third-order valence-corrected chi connectivity index (χ3v) is 4.33. The van der Waals surface area contributed by atoms with Crippen molar-refractivity contribution < 1.29 is 17.9 Å². The van der Waals surface area contributed by atoms with Gasteiger partial charge < -0.3 is 9.64 Å². The summed E-state index contributed by atoms with van der Waals surface area (Å²) in [6.07, 6.45) is 0.925. The van der Waals surface area contributed by atoms with Crippen LogP contribution in [0.1, 0.15) is 16.8 Å². The highest BCUT2D eigenvalue weighted by Gasteiger charge is 2.26. The maximum atomic E-state index is 12.3. The van der Waals surface area contributed by atoms with Gasteiger partial charge in [0.15, 0.2) is 0 Å². The Balaban J connectivity index is 2.07. The van der Waals surface area contributed by atoms with Crippen LogP contribution < -0.4 is 5.14 Å². The van der Waals surface area contributed by atoms with E-state index >= 15 is 0 Å². The van der Waals surface area contributed by atoms with Gasteiger partial charge >= 0.3 is 0 Å². The SMILES string of the molecule is COCC1CCN(C(=O)c2ccc(S(N)(=O)=O)cc2)C1. The molecule has 1 atom stereocenters. The standard InChI is InChI=1S/C13H18N2O4S/c1-19-9-10-6-7-15(8-10)13(16)11-2-4-12(5-3-11)20(14,17)18/h2-5,10H,6-9H2,1H3,(H2,14,17,18). The van der Waals surface area contributed by atoms with E-state index in [0.717, 1.165) is 6.42 Å². The molecule has 0 spiro atoms. The second-order valence-corrected chi connectivity index (χ2v) is 6.49. The third kappa shape index (κ3) is 3.36. The lowest BCUT2D eigenvalue weighted by Gasteiger charge is -2.16. The normalized spacial score (nSPS) is 19.3. The van der Waals surface area contributed by atoms with Crippen molar-refractivity contribution in [3.05, 3.63) is 29.8 Å². The minimum absolute atomic E-state index is 0.00716. The smallest absolute Gasteiger partial charge is 0.253 e. The number of sulfonamides is 1. The first kappa shape index (κ1) is 15.0. The Hall–Kier alpha value is -1.44. The molecule has 2 rings (SSSR count). The highest BCUT2D eigenvalue weighted by Crippen LogP contribution is 2.19. The van der Waals surface area contributed by atoms with Crippen molar-refractivity contribution in [2.75, 3.05) is 26.8 Å². The van der Waals surface area contributed by atoms with Crippen molar-refractivity contribution in [3.63, 3.8) is 0 Å². The van der Waals surface area contributed by atoms with Crippen LogP contribution in [-0.2, 0) is 14.8 Å². The summed E-state index contributed by atoms with van der Waals surface area (Å²) in [7, 11) is -2.07. The monoisotopic (exact) mass is 298 g/mol. The van der Waals surface area contributed by atoms with Crippen LogP contribution in [0.15, 0.2) is 29.2 Å². The number of carbonyl (C=O) groups is 1. The Bertz CT molecular complexity index is 583. The Morgan fingerprint density at radius 1 is 1.40 bits per heavy atom. The summed E-state index contributed by atoms with van der Waals surface area (Å²) in [6.45, 7) is 2.02. The largest absolute Gasteiger partial charge is 0.384 e. The van der Waals surface area contributed by atoms with Crippen LogP contribution in [0.25, 0.3) is 0 Å². The molecule has 1 aromatic carbocycles. The van der Waals surface area contributed by atoms with E-state index < -0.39 is 10.0 Å². The van der Waals surface area contributed by atoms with E-state index in [1.165, 1.54) is 24.3 Å². The zero-order valence-electron chi connectivity index (χ0n) is 11.3. The van der Waals surface area contributed by atoms with E-state index in [1.807, 2.05) is 0 Å². The molecule has 1 aliphatic rings. The van der Waals surface area contributed by atoms with Gasteiger partial charge in [-0.1, -0.05) is 0 Å². The molecule has 0 aliphatic carbocycles. The molecule has 110 valence electrons. The summed E-state index contributed by atoms with van der Waals surface area (Å²) in [5.74, 6) is 0.275. The van der Waals surface area contributed by atoms with Crippen LogP contribution in [-0.4, -0.2) is 46.0 Å². The molecule has 1 aromatic rings. The molecule has 1 saturated heterocycles. The number of hydrogen-bond donors (Lipinski definition) is 1. The average molecular weight is 298 g/mol. The molecule has 1 fully saturated rings. The number of carbonyl (C=O) groups excluding carboxylic acids is 1. The molecule has 0 radical (unpaired) electrons. The number of nitrogens with zero attached hydrogens (tertiary/aromatic N) is 1. The van der Waals surface area contributed by atoms with Gasteiger partial charge in [-0.2, -0.15) is 0 Å². The molecule has 6 nitrogen and oxygen atoms in total. The summed E-state index contributed by atoms with van der Waals surface area (Å²) in [6, 6.07) is 5.69. The molecule has 0 saturated carbocycles. The van der Waals surface area contributed by atoms with Gasteiger partial charge in [-0.3, -0.25) is 4.79 Å². The van der Waals surface area contributed by atoms with Crippen molar-refractivity contribution >= 4 is 15.9 Å². The number of benzene rings is 1. The molecule has 0 aromatic heterocycles. The summed E-state index contributed by atoms with van der Waals surface area (Å²) in [5.41, 5.74) is 0.468. The van der Waals surface area contributed by atoms with E-state index in [2.05, 4.69) is 0 Å². The summed E-state index contributed by atoms with van der Waals surface area (Å²) in [4.78, 5) is 14.0. The minimum Gasteiger partial charge on any atom is -0.384 e. The lowest BCUT2D eigenvalue weighted by molar-refractivity contribution is 0.0775. The maximum Gasteiger partial charge on any atom is 0.253 e. The van der Waals surface area contributed by atoms with Gasteiger partial charge in [0, 0.05) is 31.7 Å². The van der Waals surface area contributed by atoms with Crippen LogP contribution in [0.3, 0.4) is 0 Å². The first-order valence-electron chi connectivity index (χ1n) is 6.33. The number of nitrogens with two attached hydrogens (primary N) is 1. The molecular formula is C13H18N2O4S. The van der Waals surface area contributed by atoms with Crippen LogP contribution in [0.5, 0.6) is 0 Å². The van der Waals surface area contributed by atoms with Crippen LogP contribution in [0, 0.1) is 5.92 Å². The van der Waals surface area contributed by atoms with Crippen molar-refractivity contribution in [2.45, 2.75) is 11.3 Å². The highest BCUT2D eigenvalue weighted by atomic mass is 32.2. The molecule has 1 aliphatic heterocycles. The molecule has 2 N–H and O–H groups in total. The quantitative estimate of drug-likeness (QED) is 0.873. The molecule has 1 heterocycles. The Morgan fingerprint density at radius 3 is 2.60 bits per heavy atom. The van der Waals surface area contributed by atoms with Gasteiger partial charge in [0.05, 0.1) is 11.5 Å². The summed E-state index contributed by atoms with van der Waals surface area (Å²) < 4.78 is 27.4. The third-order valence-electron chi connectivity index (χ3n) is 3.41.